The molecule has 59 valence electrons. The first-order valence-corrected chi connectivity index (χ1v) is 6.19. The number of aliphatic hydroxyl groups excluding tert-OH is 1. The third-order valence-electron chi connectivity index (χ3n) is 0.176. The molecule has 0 aliphatic rings. The van der Waals surface area contributed by atoms with E-state index < -0.39 is 23.6 Å². The molecule has 0 unspecified atom stereocenters. The number of carbonyl (C=O) groups is 1. The van der Waals surface area contributed by atoms with Crippen molar-refractivity contribution in [1.82, 2.24) is 0 Å². The van der Waals surface area contributed by atoms with Crippen molar-refractivity contribution in [2.24, 2.45) is 0 Å². The number of hydrogen-bond donors (Lipinski definition) is 1. The maximum absolute atomic E-state index is 9.45. The van der Waals surface area contributed by atoms with Gasteiger partial charge in [0.1, 0.15) is 0 Å². The summed E-state index contributed by atoms with van der Waals surface area (Å²) in [5, 5.41) is 7.73. The van der Waals surface area contributed by atoms with Gasteiger partial charge in [0.2, 0.25) is 0 Å². The summed E-state index contributed by atoms with van der Waals surface area (Å²) < 4.78 is 0. The second-order valence-corrected chi connectivity index (χ2v) is 6.32. The minimum absolute atomic E-state index is 0.440. The molecule has 0 aromatic rings. The number of aliphatic hydroxyl groups is 1. The van der Waals surface area contributed by atoms with Crippen molar-refractivity contribution in [1.29, 1.82) is 0 Å². The quantitative estimate of drug-likeness (QED) is 0.551. The van der Waals surface area contributed by atoms with Crippen LogP contribution in [0.3, 0.4) is 0 Å². The number of Topliss-reactive ketones (excluding diaryl/α,β-unsaturated/α-hetero) is 1. The molecule has 0 rings (SSSR count). The Bertz CT molecular complexity index is 74.7. The van der Waals surface area contributed by atoms with Crippen molar-refractivity contribution in [2.75, 3.05) is 6.61 Å². The maximum atomic E-state index is 9.45. The first-order valence-electron chi connectivity index (χ1n) is 1.63. The fourth-order valence-corrected chi connectivity index (χ4v) is 0. The molecule has 0 radical (unpaired) electrons. The van der Waals surface area contributed by atoms with Crippen LogP contribution in [0.2, 0.25) is 0 Å². The van der Waals surface area contributed by atoms with E-state index in [1.54, 1.807) is 0 Å². The molecule has 1 N–H and O–H groups in total. The molecule has 0 heterocycles. The molecule has 0 aromatic heterocycles. The van der Waals surface area contributed by atoms with E-state index in [-0.39, 0.29) is 0 Å². The Labute approximate surface area is 70.6 Å². The van der Waals surface area contributed by atoms with E-state index in [4.69, 9.17) is 35.4 Å². The predicted octanol–water partition coefficient (Wildman–Crippen LogP) is 1.45. The molecule has 9 heavy (non-hydrogen) atoms. The monoisotopic (exact) mass is 234 g/mol. The second kappa shape index (κ2) is 8.89. The molecule has 0 amide bonds. The van der Waals surface area contributed by atoms with Crippen LogP contribution in [0.5, 0.6) is 0 Å². The Hall–Kier alpha value is 0.889. The van der Waals surface area contributed by atoms with Crippen LogP contribution in [0.1, 0.15) is 0 Å². The molecule has 0 fully saturated rings. The standard InChI is InChI=1S/C3H5O2.3ClH.Fe/c1-3(5)2-4;;;;/h4H,1-2H2;3*1H;/q-1;;;;+3/p-3. The summed E-state index contributed by atoms with van der Waals surface area (Å²) in [7, 11) is 14.7. The Morgan fingerprint density at radius 2 is 1.67 bits per heavy atom. The number of carbonyl (C=O) groups excluding carboxylic acids is 1. The fourth-order valence-electron chi connectivity index (χ4n) is 0. The van der Waals surface area contributed by atoms with Crippen molar-refractivity contribution in [3.05, 3.63) is 6.92 Å². The van der Waals surface area contributed by atoms with Gasteiger partial charge in [0, 0.05) is 5.78 Å². The van der Waals surface area contributed by atoms with E-state index in [1.165, 1.54) is 0 Å². The average molecular weight is 235 g/mol. The zero-order valence-electron chi connectivity index (χ0n) is 4.26. The van der Waals surface area contributed by atoms with Gasteiger partial charge in [-0.15, -0.1) is 0 Å². The summed E-state index contributed by atoms with van der Waals surface area (Å²) in [6, 6.07) is 0. The summed E-state index contributed by atoms with van der Waals surface area (Å²) in [5.41, 5.74) is 0. The van der Waals surface area contributed by atoms with E-state index in [0.29, 0.717) is 0 Å². The van der Waals surface area contributed by atoms with Crippen molar-refractivity contribution in [3.8, 4) is 0 Å². The molecular weight excluding hydrogens is 230 g/mol. The summed E-state index contributed by atoms with van der Waals surface area (Å²) in [4.78, 5) is 9.45. The molecule has 0 spiro atoms. The van der Waals surface area contributed by atoms with Crippen LogP contribution >= 0.6 is 30.3 Å². The van der Waals surface area contributed by atoms with Gasteiger partial charge in [-0.1, -0.05) is 0 Å². The number of rotatable bonds is 1. The number of ketones is 1. The van der Waals surface area contributed by atoms with Crippen LogP contribution in [-0.4, -0.2) is 17.5 Å². The Balaban J connectivity index is 0. The SMILES string of the molecule is [CH2-]C(=O)CO.[Cl][Fe]([Cl])[Cl]. The predicted molar refractivity (Wildman–Crippen MR) is 35.0 cm³/mol. The van der Waals surface area contributed by atoms with E-state index in [0.717, 1.165) is 0 Å². The van der Waals surface area contributed by atoms with E-state index in [9.17, 15) is 4.79 Å². The van der Waals surface area contributed by atoms with Crippen LogP contribution in [0.15, 0.2) is 0 Å². The summed E-state index contributed by atoms with van der Waals surface area (Å²) in [5.74, 6) is -0.440. The van der Waals surface area contributed by atoms with Crippen LogP contribution in [-0.2, 0) is 16.0 Å². The third kappa shape index (κ3) is 50.5. The van der Waals surface area contributed by atoms with Crippen molar-refractivity contribution in [3.63, 3.8) is 0 Å². The molecule has 6 heteroatoms. The van der Waals surface area contributed by atoms with E-state index >= 15 is 0 Å². The summed E-state index contributed by atoms with van der Waals surface area (Å²) >= 11 is -1.33. The van der Waals surface area contributed by atoms with Crippen molar-refractivity contribution >= 4 is 36.1 Å². The van der Waals surface area contributed by atoms with Gasteiger partial charge in [0.25, 0.3) is 0 Å². The third-order valence-corrected chi connectivity index (χ3v) is 0.176. The zero-order valence-corrected chi connectivity index (χ0v) is 7.63. The fraction of sp³-hybridized carbons (Fsp3) is 0.333. The molecule has 0 bridgehead atoms. The number of halogens is 3. The first kappa shape index (κ1) is 12.6. The zero-order chi connectivity index (χ0) is 7.86. The second-order valence-electron chi connectivity index (χ2n) is 0.848. The van der Waals surface area contributed by atoms with Crippen LogP contribution in [0, 0.1) is 6.92 Å². The van der Waals surface area contributed by atoms with Gasteiger partial charge in [0.05, 0.1) is 6.61 Å². The van der Waals surface area contributed by atoms with Gasteiger partial charge in [-0.25, -0.2) is 0 Å². The van der Waals surface area contributed by atoms with Gasteiger partial charge in [-0.05, 0) is 0 Å². The Morgan fingerprint density at radius 3 is 1.67 bits per heavy atom. The molecule has 0 aliphatic heterocycles. The van der Waals surface area contributed by atoms with Crippen molar-refractivity contribution < 1.29 is 21.1 Å². The summed E-state index contributed by atoms with van der Waals surface area (Å²) in [6.07, 6.45) is 0. The van der Waals surface area contributed by atoms with Crippen molar-refractivity contribution in [2.45, 2.75) is 0 Å². The van der Waals surface area contributed by atoms with Gasteiger partial charge >= 0.3 is 41.5 Å². The topological polar surface area (TPSA) is 37.3 Å². The molecular formula is C3H5Cl3FeO2-. The summed E-state index contributed by atoms with van der Waals surface area (Å²) in [6.45, 7) is 2.42. The molecule has 2 nitrogen and oxygen atoms in total. The Morgan fingerprint density at radius 1 is 1.56 bits per heavy atom. The first-order chi connectivity index (χ1) is 4.00. The average Bonchev–Trinajstić information content (AvgIpc) is 1.65. The molecule has 0 aromatic carbocycles. The molecule has 0 atom stereocenters. The van der Waals surface area contributed by atoms with Gasteiger partial charge in [-0.2, -0.15) is 0 Å². The molecule has 0 saturated heterocycles. The van der Waals surface area contributed by atoms with Gasteiger partial charge in [-0.3, -0.25) is 0 Å². The van der Waals surface area contributed by atoms with Crippen LogP contribution < -0.4 is 0 Å². The number of hydrogen-bond acceptors (Lipinski definition) is 2. The van der Waals surface area contributed by atoms with E-state index in [2.05, 4.69) is 6.92 Å². The molecule has 0 saturated carbocycles. The normalized spacial score (nSPS) is 9.11. The van der Waals surface area contributed by atoms with Gasteiger partial charge in [0.15, 0.2) is 0 Å². The van der Waals surface area contributed by atoms with Gasteiger partial charge < -0.3 is 16.8 Å². The Kier molecular flexibility index (Phi) is 12.4. The van der Waals surface area contributed by atoms with Crippen LogP contribution in [0.4, 0.5) is 0 Å². The molecule has 0 aliphatic carbocycles. The van der Waals surface area contributed by atoms with E-state index in [1.807, 2.05) is 0 Å². The minimum atomic E-state index is -1.33. The van der Waals surface area contributed by atoms with Crippen LogP contribution in [0.25, 0.3) is 0 Å².